The molecule has 0 unspecified atom stereocenters. The first-order chi connectivity index (χ1) is 9.96. The van der Waals surface area contributed by atoms with Crippen LogP contribution in [0.2, 0.25) is 0 Å². The lowest BCUT2D eigenvalue weighted by Crippen LogP contribution is -2.44. The molecule has 0 heterocycles. The van der Waals surface area contributed by atoms with E-state index in [0.29, 0.717) is 18.9 Å². The molecule has 21 heavy (non-hydrogen) atoms. The molecule has 0 radical (unpaired) electrons. The van der Waals surface area contributed by atoms with Gasteiger partial charge in [-0.2, -0.15) is 11.8 Å². The summed E-state index contributed by atoms with van der Waals surface area (Å²) >= 11 is 1.80. The van der Waals surface area contributed by atoms with Crippen molar-refractivity contribution < 1.29 is 9.13 Å². The third-order valence-electron chi connectivity index (χ3n) is 2.92. The summed E-state index contributed by atoms with van der Waals surface area (Å²) in [5.74, 6) is 0.973. The minimum Gasteiger partial charge on any atom is -0.492 e. The second kappa shape index (κ2) is 8.77. The number of ether oxygens (including phenoxy) is 1. The van der Waals surface area contributed by atoms with Crippen molar-refractivity contribution in [2.45, 2.75) is 18.6 Å². The lowest BCUT2D eigenvalue weighted by molar-refractivity contribution is 0.320. The predicted octanol–water partition coefficient (Wildman–Crippen LogP) is 2.51. The van der Waals surface area contributed by atoms with Crippen LogP contribution in [0.5, 0.6) is 5.75 Å². The number of thioether (sulfide) groups is 1. The molecule has 1 aromatic rings. The van der Waals surface area contributed by atoms with Crippen LogP contribution < -0.4 is 15.4 Å². The number of hydrogen-bond acceptors (Lipinski definition) is 3. The zero-order valence-corrected chi connectivity index (χ0v) is 13.9. The fourth-order valence-electron chi connectivity index (χ4n) is 1.48. The van der Waals surface area contributed by atoms with Crippen LogP contribution in [0.1, 0.15) is 13.8 Å². The van der Waals surface area contributed by atoms with E-state index in [1.54, 1.807) is 30.9 Å². The molecular formula is C15H24FN3OS. The molecule has 0 saturated heterocycles. The summed E-state index contributed by atoms with van der Waals surface area (Å²) in [5, 5.41) is 6.43. The van der Waals surface area contributed by atoms with Crippen molar-refractivity contribution in [3.8, 4) is 5.75 Å². The molecule has 6 heteroatoms. The van der Waals surface area contributed by atoms with Gasteiger partial charge >= 0.3 is 0 Å². The van der Waals surface area contributed by atoms with E-state index < -0.39 is 0 Å². The highest BCUT2D eigenvalue weighted by atomic mass is 32.2. The van der Waals surface area contributed by atoms with Gasteiger partial charge in [0, 0.05) is 24.4 Å². The van der Waals surface area contributed by atoms with Crippen LogP contribution in [0.15, 0.2) is 29.3 Å². The minimum absolute atomic E-state index is 0.148. The van der Waals surface area contributed by atoms with Gasteiger partial charge in [0.15, 0.2) is 5.96 Å². The molecule has 0 saturated carbocycles. The summed E-state index contributed by atoms with van der Waals surface area (Å²) in [5.41, 5.74) is 0. The third-order valence-corrected chi connectivity index (χ3v) is 4.17. The maximum Gasteiger partial charge on any atom is 0.191 e. The van der Waals surface area contributed by atoms with Crippen molar-refractivity contribution in [3.05, 3.63) is 30.1 Å². The summed E-state index contributed by atoms with van der Waals surface area (Å²) in [6, 6.07) is 6.12. The van der Waals surface area contributed by atoms with Gasteiger partial charge in [0.2, 0.25) is 0 Å². The molecule has 0 aliphatic rings. The average molecular weight is 313 g/mol. The lowest BCUT2D eigenvalue weighted by atomic mass is 10.2. The summed E-state index contributed by atoms with van der Waals surface area (Å²) in [4.78, 5) is 4.15. The van der Waals surface area contributed by atoms with E-state index in [0.717, 1.165) is 12.5 Å². The Labute approximate surface area is 130 Å². The van der Waals surface area contributed by atoms with Gasteiger partial charge in [0.25, 0.3) is 0 Å². The van der Waals surface area contributed by atoms with E-state index in [9.17, 15) is 4.39 Å². The topological polar surface area (TPSA) is 45.7 Å². The molecule has 4 nitrogen and oxygen atoms in total. The molecular weight excluding hydrogens is 289 g/mol. The van der Waals surface area contributed by atoms with Gasteiger partial charge in [-0.25, -0.2) is 4.39 Å². The van der Waals surface area contributed by atoms with Gasteiger partial charge in [-0.3, -0.25) is 4.99 Å². The van der Waals surface area contributed by atoms with Crippen molar-refractivity contribution in [2.75, 3.05) is 33.0 Å². The van der Waals surface area contributed by atoms with Gasteiger partial charge in [0.05, 0.1) is 6.54 Å². The van der Waals surface area contributed by atoms with Gasteiger partial charge in [-0.05, 0) is 32.2 Å². The zero-order valence-electron chi connectivity index (χ0n) is 13.1. The van der Waals surface area contributed by atoms with Crippen molar-refractivity contribution in [1.82, 2.24) is 10.6 Å². The van der Waals surface area contributed by atoms with Gasteiger partial charge in [0.1, 0.15) is 18.2 Å². The summed E-state index contributed by atoms with van der Waals surface area (Å²) in [7, 11) is 1.73. The molecule has 1 aromatic carbocycles. The quantitative estimate of drug-likeness (QED) is 0.461. The molecule has 0 atom stereocenters. The van der Waals surface area contributed by atoms with Gasteiger partial charge in [-0.15, -0.1) is 0 Å². The molecule has 2 N–H and O–H groups in total. The Kier molecular flexibility index (Phi) is 7.36. The molecule has 0 aliphatic carbocycles. The van der Waals surface area contributed by atoms with Gasteiger partial charge in [-0.1, -0.05) is 6.07 Å². The van der Waals surface area contributed by atoms with Crippen LogP contribution in [0.4, 0.5) is 4.39 Å². The predicted molar refractivity (Wildman–Crippen MR) is 88.9 cm³/mol. The van der Waals surface area contributed by atoms with Gasteiger partial charge < -0.3 is 15.4 Å². The SMILES string of the molecule is CN=C(NCCOc1cccc(F)c1)NCC(C)(C)SC. The number of benzene rings is 1. The Morgan fingerprint density at radius 3 is 2.76 bits per heavy atom. The number of halogens is 1. The van der Waals surface area contributed by atoms with Crippen molar-refractivity contribution in [3.63, 3.8) is 0 Å². The highest BCUT2D eigenvalue weighted by molar-refractivity contribution is 7.99. The number of nitrogens with one attached hydrogen (secondary N) is 2. The fraction of sp³-hybridized carbons (Fsp3) is 0.533. The molecule has 0 aliphatic heterocycles. The largest absolute Gasteiger partial charge is 0.492 e. The number of hydrogen-bond donors (Lipinski definition) is 2. The summed E-state index contributed by atoms with van der Waals surface area (Å²) in [6.07, 6.45) is 2.09. The van der Waals surface area contributed by atoms with Crippen LogP contribution in [0.25, 0.3) is 0 Å². The molecule has 1 rings (SSSR count). The number of nitrogens with zero attached hydrogens (tertiary/aromatic N) is 1. The molecule has 0 aromatic heterocycles. The highest BCUT2D eigenvalue weighted by Gasteiger charge is 2.15. The smallest absolute Gasteiger partial charge is 0.191 e. The Hall–Kier alpha value is -1.43. The maximum absolute atomic E-state index is 13.0. The lowest BCUT2D eigenvalue weighted by Gasteiger charge is -2.23. The van der Waals surface area contributed by atoms with Crippen molar-refractivity contribution in [1.29, 1.82) is 0 Å². The summed E-state index contributed by atoms with van der Waals surface area (Å²) in [6.45, 7) is 6.20. The average Bonchev–Trinajstić information content (AvgIpc) is 2.46. The van der Waals surface area contributed by atoms with E-state index in [1.807, 2.05) is 0 Å². The van der Waals surface area contributed by atoms with E-state index in [1.165, 1.54) is 12.1 Å². The highest BCUT2D eigenvalue weighted by Crippen LogP contribution is 2.19. The van der Waals surface area contributed by atoms with Crippen molar-refractivity contribution in [2.24, 2.45) is 4.99 Å². The van der Waals surface area contributed by atoms with E-state index in [-0.39, 0.29) is 10.6 Å². The Morgan fingerprint density at radius 2 is 2.14 bits per heavy atom. The Balaban J connectivity index is 2.27. The molecule has 118 valence electrons. The van der Waals surface area contributed by atoms with Crippen molar-refractivity contribution >= 4 is 17.7 Å². The third kappa shape index (κ3) is 7.22. The monoisotopic (exact) mass is 313 g/mol. The Morgan fingerprint density at radius 1 is 1.38 bits per heavy atom. The van der Waals surface area contributed by atoms with E-state index in [4.69, 9.17) is 4.74 Å². The fourth-order valence-corrected chi connectivity index (χ4v) is 1.70. The first-order valence-electron chi connectivity index (χ1n) is 6.85. The van der Waals surface area contributed by atoms with E-state index >= 15 is 0 Å². The molecule has 0 fully saturated rings. The normalized spacial score (nSPS) is 12.1. The first kappa shape index (κ1) is 17.6. The maximum atomic E-state index is 13.0. The van der Waals surface area contributed by atoms with Crippen LogP contribution in [-0.4, -0.2) is 43.7 Å². The minimum atomic E-state index is -0.294. The standard InChI is InChI=1S/C15H24FN3OS/c1-15(2,21-4)11-19-14(17-3)18-8-9-20-13-7-5-6-12(16)10-13/h5-7,10H,8-9,11H2,1-4H3,(H2,17,18,19). The number of rotatable bonds is 7. The van der Waals surface area contributed by atoms with Crippen LogP contribution in [0, 0.1) is 5.82 Å². The zero-order chi connectivity index (χ0) is 15.7. The van der Waals surface area contributed by atoms with Crippen LogP contribution in [-0.2, 0) is 0 Å². The summed E-state index contributed by atoms with van der Waals surface area (Å²) < 4.78 is 18.6. The van der Waals surface area contributed by atoms with Crippen LogP contribution in [0.3, 0.4) is 0 Å². The van der Waals surface area contributed by atoms with Crippen LogP contribution >= 0.6 is 11.8 Å². The first-order valence-corrected chi connectivity index (χ1v) is 8.07. The second-order valence-corrected chi connectivity index (χ2v) is 6.64. The molecule has 0 amide bonds. The number of guanidine groups is 1. The Bertz CT molecular complexity index is 466. The molecule has 0 bridgehead atoms. The second-order valence-electron chi connectivity index (χ2n) is 5.12. The molecule has 0 spiro atoms. The number of aliphatic imine (C=N–C) groups is 1. The van der Waals surface area contributed by atoms with E-state index in [2.05, 4.69) is 35.7 Å².